The maximum atomic E-state index is 14.4. The molecule has 2 saturated heterocycles. The average Bonchev–Trinajstić information content (AvgIpc) is 2.80. The molecule has 3 unspecified atom stereocenters. The van der Waals surface area contributed by atoms with Crippen LogP contribution in [0.2, 0.25) is 0 Å². The van der Waals surface area contributed by atoms with Crippen molar-refractivity contribution in [3.63, 3.8) is 0 Å². The summed E-state index contributed by atoms with van der Waals surface area (Å²) in [5.74, 6) is -4.61. The van der Waals surface area contributed by atoms with Gasteiger partial charge in [-0.3, -0.25) is 14.2 Å². The van der Waals surface area contributed by atoms with Crippen LogP contribution in [0.4, 0.5) is 13.6 Å². The number of alkyl halides is 2. The second-order valence-corrected chi connectivity index (χ2v) is 8.75. The molecule has 162 valence electrons. The molecule has 2 bridgehead atoms. The first kappa shape index (κ1) is 22.7. The molecule has 0 radical (unpaired) electrons. The van der Waals surface area contributed by atoms with Crippen LogP contribution in [-0.4, -0.2) is 79.1 Å². The van der Waals surface area contributed by atoms with E-state index in [1.807, 2.05) is 20.8 Å². The van der Waals surface area contributed by atoms with Gasteiger partial charge in [-0.2, -0.15) is 13.5 Å². The van der Waals surface area contributed by atoms with Crippen molar-refractivity contribution in [2.75, 3.05) is 20.2 Å². The van der Waals surface area contributed by atoms with E-state index in [9.17, 15) is 26.8 Å². The molecule has 2 aliphatic rings. The van der Waals surface area contributed by atoms with E-state index >= 15 is 0 Å². The average molecular weight is 430 g/mol. The van der Waals surface area contributed by atoms with Gasteiger partial charge in [0.25, 0.3) is 11.8 Å². The third-order valence-electron chi connectivity index (χ3n) is 4.71. The second-order valence-electron chi connectivity index (χ2n) is 7.74. The van der Waals surface area contributed by atoms with Crippen molar-refractivity contribution in [3.05, 3.63) is 0 Å². The van der Waals surface area contributed by atoms with Crippen molar-refractivity contribution >= 4 is 22.3 Å². The van der Waals surface area contributed by atoms with E-state index in [1.54, 1.807) is 7.05 Å². The number of rotatable bonds is 7. The van der Waals surface area contributed by atoms with Gasteiger partial charge < -0.3 is 10.2 Å². The van der Waals surface area contributed by atoms with Crippen LogP contribution in [0.5, 0.6) is 0 Å². The number of likely N-dealkylation sites (N-methyl/N-ethyl adjacent to an activating group) is 1. The molecule has 2 heterocycles. The maximum absolute atomic E-state index is 14.4. The summed E-state index contributed by atoms with van der Waals surface area (Å²) in [6.07, 6.45) is -1.06. The zero-order valence-corrected chi connectivity index (χ0v) is 16.6. The molecule has 0 spiro atoms. The van der Waals surface area contributed by atoms with Crippen molar-refractivity contribution in [2.24, 2.45) is 5.41 Å². The van der Waals surface area contributed by atoms with E-state index in [4.69, 9.17) is 9.39 Å². The lowest BCUT2D eigenvalue weighted by atomic mass is 9.87. The van der Waals surface area contributed by atoms with Crippen molar-refractivity contribution in [1.82, 2.24) is 20.8 Å². The zero-order chi connectivity index (χ0) is 21.5. The van der Waals surface area contributed by atoms with Crippen LogP contribution in [0.1, 0.15) is 27.2 Å². The molecule has 2 fully saturated rings. The van der Waals surface area contributed by atoms with Gasteiger partial charge in [-0.15, -0.1) is 4.28 Å². The van der Waals surface area contributed by atoms with Crippen LogP contribution in [-0.2, 0) is 24.3 Å². The molecular formula is C14H24F2N4O7S. The number of fused-ring (bicyclic) bond motifs is 2. The molecule has 3 atom stereocenters. The first-order chi connectivity index (χ1) is 12.7. The highest BCUT2D eigenvalue weighted by Gasteiger charge is 2.62. The standard InChI is InChI=1S/C14H24F2N4O7S/c1-13(2,3)9(17-4)7-26-18-11(21)8-5-14(15,16)10-6-19(8)12(22)20(10)27-28(23,24)25/h8-10,17H,5-7H2,1-4H3,(H,18,21)(H,23,24,25). The van der Waals surface area contributed by atoms with Crippen LogP contribution in [0.25, 0.3) is 0 Å². The van der Waals surface area contributed by atoms with Crippen molar-refractivity contribution in [1.29, 1.82) is 0 Å². The summed E-state index contributed by atoms with van der Waals surface area (Å²) < 4.78 is 63.1. The van der Waals surface area contributed by atoms with E-state index in [1.165, 1.54) is 0 Å². The van der Waals surface area contributed by atoms with Gasteiger partial charge in [-0.05, 0) is 12.5 Å². The number of carbonyl (C=O) groups is 2. The summed E-state index contributed by atoms with van der Waals surface area (Å²) in [7, 11) is -3.49. The van der Waals surface area contributed by atoms with Crippen molar-refractivity contribution in [3.8, 4) is 0 Å². The molecule has 0 aliphatic carbocycles. The van der Waals surface area contributed by atoms with E-state index in [2.05, 4.69) is 15.1 Å². The summed E-state index contributed by atoms with van der Waals surface area (Å²) in [5, 5.41) is 2.88. The summed E-state index contributed by atoms with van der Waals surface area (Å²) in [4.78, 5) is 30.4. The monoisotopic (exact) mass is 430 g/mol. The van der Waals surface area contributed by atoms with Crippen LogP contribution in [0.15, 0.2) is 0 Å². The zero-order valence-electron chi connectivity index (χ0n) is 15.8. The summed E-state index contributed by atoms with van der Waals surface area (Å²) in [6.45, 7) is 5.21. The molecule has 3 N–H and O–H groups in total. The Labute approximate surface area is 161 Å². The molecule has 0 aromatic rings. The van der Waals surface area contributed by atoms with Gasteiger partial charge >= 0.3 is 16.4 Å². The van der Waals surface area contributed by atoms with Crippen LogP contribution in [0, 0.1) is 5.41 Å². The predicted octanol–water partition coefficient (Wildman–Crippen LogP) is -0.0835. The number of halogens is 2. The maximum Gasteiger partial charge on any atom is 0.418 e. The van der Waals surface area contributed by atoms with Gasteiger partial charge in [0, 0.05) is 12.5 Å². The smallest absolute Gasteiger partial charge is 0.314 e. The minimum Gasteiger partial charge on any atom is -0.314 e. The molecule has 28 heavy (non-hydrogen) atoms. The number of urea groups is 1. The first-order valence-corrected chi connectivity index (χ1v) is 9.77. The molecule has 2 aliphatic heterocycles. The Morgan fingerprint density at radius 1 is 1.43 bits per heavy atom. The molecule has 14 heteroatoms. The molecule has 2 rings (SSSR count). The summed E-state index contributed by atoms with van der Waals surface area (Å²) in [5.41, 5.74) is 1.86. The largest absolute Gasteiger partial charge is 0.418 e. The van der Waals surface area contributed by atoms with E-state index < -0.39 is 53.3 Å². The van der Waals surface area contributed by atoms with Crippen LogP contribution < -0.4 is 10.8 Å². The minimum atomic E-state index is -5.19. The fraction of sp³-hybridized carbons (Fsp3) is 0.857. The van der Waals surface area contributed by atoms with Gasteiger partial charge in [-0.1, -0.05) is 20.8 Å². The normalized spacial score (nSPS) is 25.8. The lowest BCUT2D eigenvalue weighted by molar-refractivity contribution is -0.159. The number of nitrogens with zero attached hydrogens (tertiary/aromatic N) is 2. The van der Waals surface area contributed by atoms with Crippen molar-refractivity contribution in [2.45, 2.75) is 51.2 Å². The van der Waals surface area contributed by atoms with Gasteiger partial charge in [0.2, 0.25) is 0 Å². The molecule has 0 aromatic heterocycles. The summed E-state index contributed by atoms with van der Waals surface area (Å²) >= 11 is 0. The van der Waals surface area contributed by atoms with Gasteiger partial charge in [-0.25, -0.2) is 19.1 Å². The Hall–Kier alpha value is -1.61. The fourth-order valence-electron chi connectivity index (χ4n) is 3.12. The van der Waals surface area contributed by atoms with Crippen LogP contribution in [0.3, 0.4) is 0 Å². The molecule has 0 aromatic carbocycles. The lowest BCUT2D eigenvalue weighted by Crippen LogP contribution is -2.56. The number of hydroxylamine groups is 3. The summed E-state index contributed by atoms with van der Waals surface area (Å²) in [6, 6.07) is -4.99. The quantitative estimate of drug-likeness (QED) is 0.377. The topological polar surface area (TPSA) is 138 Å². The third-order valence-corrected chi connectivity index (χ3v) is 5.06. The number of hydrogen-bond donors (Lipinski definition) is 3. The van der Waals surface area contributed by atoms with Crippen molar-refractivity contribution < 1.29 is 40.5 Å². The second kappa shape index (κ2) is 7.67. The van der Waals surface area contributed by atoms with E-state index in [0.717, 1.165) is 4.90 Å². The minimum absolute atomic E-state index is 0.0451. The molecule has 3 amide bonds. The number of amides is 3. The lowest BCUT2D eigenvalue weighted by Gasteiger charge is -2.35. The first-order valence-electron chi connectivity index (χ1n) is 8.41. The van der Waals surface area contributed by atoms with Gasteiger partial charge in [0.15, 0.2) is 0 Å². The number of hydrogen-bond acceptors (Lipinski definition) is 7. The Kier molecular flexibility index (Phi) is 6.21. The molecule has 0 saturated carbocycles. The fourth-order valence-corrected chi connectivity index (χ4v) is 3.49. The predicted molar refractivity (Wildman–Crippen MR) is 90.1 cm³/mol. The highest BCUT2D eigenvalue weighted by molar-refractivity contribution is 7.80. The van der Waals surface area contributed by atoms with E-state index in [0.29, 0.717) is 0 Å². The van der Waals surface area contributed by atoms with Gasteiger partial charge in [0.1, 0.15) is 12.1 Å². The highest BCUT2D eigenvalue weighted by Crippen LogP contribution is 2.41. The number of piperidine rings is 1. The Balaban J connectivity index is 2.07. The third kappa shape index (κ3) is 4.86. The Morgan fingerprint density at radius 2 is 2.04 bits per heavy atom. The SMILES string of the molecule is CNC(CONC(=O)C1CC(F)(F)C2CN1C(=O)N2OS(=O)(=O)O)C(C)(C)C. The van der Waals surface area contributed by atoms with Crippen LogP contribution >= 0.6 is 0 Å². The highest BCUT2D eigenvalue weighted by atomic mass is 32.3. The molecule has 11 nitrogen and oxygen atoms in total. The molecular weight excluding hydrogens is 406 g/mol. The Bertz CT molecular complexity index is 728. The number of nitrogens with one attached hydrogen (secondary N) is 2. The Morgan fingerprint density at radius 3 is 2.54 bits per heavy atom. The van der Waals surface area contributed by atoms with E-state index in [-0.39, 0.29) is 23.1 Å². The van der Waals surface area contributed by atoms with Gasteiger partial charge in [0.05, 0.1) is 13.2 Å². The number of carbonyl (C=O) groups excluding carboxylic acids is 2.